The van der Waals surface area contributed by atoms with E-state index in [0.29, 0.717) is 6.04 Å². The maximum absolute atomic E-state index is 4.29. The molecule has 1 aromatic carbocycles. The first-order valence-electron chi connectivity index (χ1n) is 7.64. The number of benzene rings is 1. The number of nitrogens with zero attached hydrogens (tertiary/aromatic N) is 2. The van der Waals surface area contributed by atoms with Crippen molar-refractivity contribution in [2.45, 2.75) is 36.7 Å². The molecule has 0 spiro atoms. The van der Waals surface area contributed by atoms with Crippen LogP contribution in [0.2, 0.25) is 0 Å². The van der Waals surface area contributed by atoms with Gasteiger partial charge in [0.2, 0.25) is 0 Å². The van der Waals surface area contributed by atoms with E-state index in [1.54, 1.807) is 11.8 Å². The summed E-state index contributed by atoms with van der Waals surface area (Å²) >= 11 is 1.80. The molecule has 2 aromatic rings. The van der Waals surface area contributed by atoms with Crippen LogP contribution < -0.4 is 0 Å². The predicted octanol–water partition coefficient (Wildman–Crippen LogP) is 4.53. The Morgan fingerprint density at radius 2 is 2.05 bits per heavy atom. The molecule has 0 N–H and O–H groups in total. The molecule has 0 amide bonds. The van der Waals surface area contributed by atoms with Crippen molar-refractivity contribution in [2.24, 2.45) is 0 Å². The average molecular weight is 298 g/mol. The molecule has 1 aliphatic heterocycles. The SMILES string of the molecule is CSc1ccc(CN2CCCCC2c2cccnc2)cc1. The van der Waals surface area contributed by atoms with Gasteiger partial charge in [0.15, 0.2) is 0 Å². The molecule has 1 aliphatic rings. The van der Waals surface area contributed by atoms with Gasteiger partial charge >= 0.3 is 0 Å². The molecule has 1 atom stereocenters. The molecule has 1 saturated heterocycles. The van der Waals surface area contributed by atoms with E-state index in [9.17, 15) is 0 Å². The van der Waals surface area contributed by atoms with E-state index in [1.165, 1.54) is 41.8 Å². The Bertz CT molecular complexity index is 553. The maximum Gasteiger partial charge on any atom is 0.0366 e. The summed E-state index contributed by atoms with van der Waals surface area (Å²) in [6, 6.07) is 13.8. The zero-order valence-corrected chi connectivity index (χ0v) is 13.4. The van der Waals surface area contributed by atoms with Crippen LogP contribution in [0.25, 0.3) is 0 Å². The molecule has 0 saturated carbocycles. The van der Waals surface area contributed by atoms with Crippen LogP contribution in [-0.2, 0) is 6.54 Å². The summed E-state index contributed by atoms with van der Waals surface area (Å²) in [5.74, 6) is 0. The Labute approximate surface area is 131 Å². The van der Waals surface area contributed by atoms with Crippen molar-refractivity contribution in [2.75, 3.05) is 12.8 Å². The Kier molecular flexibility index (Phi) is 4.94. The Morgan fingerprint density at radius 3 is 2.76 bits per heavy atom. The quantitative estimate of drug-likeness (QED) is 0.771. The minimum absolute atomic E-state index is 0.521. The molecule has 3 rings (SSSR count). The molecule has 2 heterocycles. The number of thioether (sulfide) groups is 1. The van der Waals surface area contributed by atoms with Crippen LogP contribution in [0.5, 0.6) is 0 Å². The number of hydrogen-bond donors (Lipinski definition) is 0. The van der Waals surface area contributed by atoms with Gasteiger partial charge in [0.05, 0.1) is 0 Å². The highest BCUT2D eigenvalue weighted by molar-refractivity contribution is 7.98. The molecule has 0 bridgehead atoms. The van der Waals surface area contributed by atoms with Crippen LogP contribution in [0.15, 0.2) is 53.7 Å². The van der Waals surface area contributed by atoms with Crippen LogP contribution in [0.3, 0.4) is 0 Å². The van der Waals surface area contributed by atoms with E-state index in [1.807, 2.05) is 12.4 Å². The largest absolute Gasteiger partial charge is 0.292 e. The second-order valence-corrected chi connectivity index (χ2v) is 6.50. The van der Waals surface area contributed by atoms with E-state index >= 15 is 0 Å². The molecule has 0 radical (unpaired) electrons. The second kappa shape index (κ2) is 7.10. The van der Waals surface area contributed by atoms with Crippen molar-refractivity contribution in [3.05, 3.63) is 59.9 Å². The molecule has 110 valence electrons. The number of aromatic nitrogens is 1. The monoisotopic (exact) mass is 298 g/mol. The van der Waals surface area contributed by atoms with Crippen LogP contribution in [0.1, 0.15) is 36.4 Å². The Morgan fingerprint density at radius 1 is 1.19 bits per heavy atom. The fraction of sp³-hybridized carbons (Fsp3) is 0.389. The standard InChI is InChI=1S/C18H22N2S/c1-21-17-9-7-15(8-10-17)14-20-12-3-2-6-18(20)16-5-4-11-19-13-16/h4-5,7-11,13,18H,2-3,6,12,14H2,1H3. The molecule has 1 unspecified atom stereocenters. The molecule has 3 heteroatoms. The van der Waals surface area contributed by atoms with Gasteiger partial charge in [-0.2, -0.15) is 0 Å². The summed E-state index contributed by atoms with van der Waals surface area (Å²) < 4.78 is 0. The summed E-state index contributed by atoms with van der Waals surface area (Å²) in [6.45, 7) is 2.22. The summed E-state index contributed by atoms with van der Waals surface area (Å²) in [5, 5.41) is 0. The van der Waals surface area contributed by atoms with Crippen molar-refractivity contribution < 1.29 is 0 Å². The Balaban J connectivity index is 1.75. The maximum atomic E-state index is 4.29. The van der Waals surface area contributed by atoms with Crippen LogP contribution in [-0.4, -0.2) is 22.7 Å². The van der Waals surface area contributed by atoms with Gasteiger partial charge in [-0.15, -0.1) is 11.8 Å². The highest BCUT2D eigenvalue weighted by Crippen LogP contribution is 2.31. The molecule has 0 aliphatic carbocycles. The fourth-order valence-corrected chi connectivity index (χ4v) is 3.50. The molecule has 2 nitrogen and oxygen atoms in total. The third-order valence-electron chi connectivity index (χ3n) is 4.23. The lowest BCUT2D eigenvalue weighted by atomic mass is 9.96. The first-order valence-corrected chi connectivity index (χ1v) is 8.86. The average Bonchev–Trinajstić information content (AvgIpc) is 2.57. The van der Waals surface area contributed by atoms with Gasteiger partial charge in [0.25, 0.3) is 0 Å². The topological polar surface area (TPSA) is 16.1 Å². The van der Waals surface area contributed by atoms with Gasteiger partial charge < -0.3 is 0 Å². The molecule has 21 heavy (non-hydrogen) atoms. The van der Waals surface area contributed by atoms with Crippen LogP contribution in [0, 0.1) is 0 Å². The van der Waals surface area contributed by atoms with E-state index in [2.05, 4.69) is 52.5 Å². The van der Waals surface area contributed by atoms with E-state index in [4.69, 9.17) is 0 Å². The second-order valence-electron chi connectivity index (χ2n) is 5.62. The molecular formula is C18H22N2S. The first-order chi connectivity index (χ1) is 10.4. The number of hydrogen-bond acceptors (Lipinski definition) is 3. The van der Waals surface area contributed by atoms with Gasteiger partial charge in [-0.3, -0.25) is 9.88 Å². The van der Waals surface area contributed by atoms with E-state index in [0.717, 1.165) is 6.54 Å². The van der Waals surface area contributed by atoms with E-state index in [-0.39, 0.29) is 0 Å². The number of likely N-dealkylation sites (tertiary alicyclic amines) is 1. The zero-order chi connectivity index (χ0) is 14.5. The lowest BCUT2D eigenvalue weighted by Gasteiger charge is -2.36. The molecular weight excluding hydrogens is 276 g/mol. The fourth-order valence-electron chi connectivity index (χ4n) is 3.10. The van der Waals surface area contributed by atoms with E-state index < -0.39 is 0 Å². The number of pyridine rings is 1. The molecule has 1 fully saturated rings. The lowest BCUT2D eigenvalue weighted by molar-refractivity contribution is 0.140. The van der Waals surface area contributed by atoms with Crippen molar-refractivity contribution in [1.82, 2.24) is 9.88 Å². The van der Waals surface area contributed by atoms with Crippen molar-refractivity contribution in [3.8, 4) is 0 Å². The third kappa shape index (κ3) is 3.66. The third-order valence-corrected chi connectivity index (χ3v) is 4.97. The minimum Gasteiger partial charge on any atom is -0.292 e. The highest BCUT2D eigenvalue weighted by atomic mass is 32.2. The van der Waals surface area contributed by atoms with Crippen LogP contribution in [0.4, 0.5) is 0 Å². The van der Waals surface area contributed by atoms with Gasteiger partial charge in [0, 0.05) is 29.9 Å². The van der Waals surface area contributed by atoms with Gasteiger partial charge in [-0.25, -0.2) is 0 Å². The zero-order valence-electron chi connectivity index (χ0n) is 12.5. The Hall–Kier alpha value is -1.32. The minimum atomic E-state index is 0.521. The number of rotatable bonds is 4. The summed E-state index contributed by atoms with van der Waals surface area (Å²) in [5.41, 5.74) is 2.77. The van der Waals surface area contributed by atoms with Gasteiger partial charge in [-0.05, 0) is 55.0 Å². The predicted molar refractivity (Wildman–Crippen MR) is 89.5 cm³/mol. The smallest absolute Gasteiger partial charge is 0.0366 e. The summed E-state index contributed by atoms with van der Waals surface area (Å²) in [6.07, 6.45) is 9.88. The van der Waals surface area contributed by atoms with Crippen molar-refractivity contribution in [1.29, 1.82) is 0 Å². The normalized spacial score (nSPS) is 19.6. The van der Waals surface area contributed by atoms with Crippen molar-refractivity contribution in [3.63, 3.8) is 0 Å². The van der Waals surface area contributed by atoms with Crippen LogP contribution >= 0.6 is 11.8 Å². The first kappa shape index (κ1) is 14.6. The summed E-state index contributed by atoms with van der Waals surface area (Å²) in [4.78, 5) is 8.23. The highest BCUT2D eigenvalue weighted by Gasteiger charge is 2.23. The summed E-state index contributed by atoms with van der Waals surface area (Å²) in [7, 11) is 0. The van der Waals surface area contributed by atoms with Gasteiger partial charge in [-0.1, -0.05) is 24.6 Å². The number of piperidine rings is 1. The van der Waals surface area contributed by atoms with Gasteiger partial charge in [0.1, 0.15) is 0 Å². The molecule has 1 aromatic heterocycles. The van der Waals surface area contributed by atoms with Crippen molar-refractivity contribution >= 4 is 11.8 Å². The lowest BCUT2D eigenvalue weighted by Crippen LogP contribution is -2.32.